The zero-order valence-electron chi connectivity index (χ0n) is 11.6. The fourth-order valence-corrected chi connectivity index (χ4v) is 2.57. The van der Waals surface area contributed by atoms with E-state index in [0.717, 1.165) is 23.9 Å². The number of carboxylic acids is 1. The molecule has 0 aliphatic heterocycles. The first-order chi connectivity index (χ1) is 9.56. The van der Waals surface area contributed by atoms with Crippen LogP contribution in [-0.4, -0.2) is 38.0 Å². The molecule has 1 aliphatic rings. The van der Waals surface area contributed by atoms with Gasteiger partial charge < -0.3 is 10.4 Å². The van der Waals surface area contributed by atoms with Gasteiger partial charge in [0.1, 0.15) is 6.54 Å². The summed E-state index contributed by atoms with van der Waals surface area (Å²) in [5.41, 5.74) is 0.169. The second kappa shape index (κ2) is 6.49. The molecule has 2 unspecified atom stereocenters. The Hall–Kier alpha value is -1.92. The van der Waals surface area contributed by atoms with E-state index in [1.54, 1.807) is 0 Å². The number of carbonyl (C=O) groups is 2. The number of amides is 1. The Balaban J connectivity index is 1.96. The normalized spacial score (nSPS) is 23.1. The smallest absolute Gasteiger partial charge is 0.325 e. The molecular weight excluding hydrogens is 260 g/mol. The Bertz CT molecular complexity index is 486. The van der Waals surface area contributed by atoms with Crippen molar-refractivity contribution in [2.45, 2.75) is 51.6 Å². The lowest BCUT2D eigenvalue weighted by Crippen LogP contribution is -2.39. The van der Waals surface area contributed by atoms with Crippen LogP contribution in [0.15, 0.2) is 6.20 Å². The first-order valence-electron chi connectivity index (χ1n) is 6.99. The van der Waals surface area contributed by atoms with E-state index in [2.05, 4.69) is 22.6 Å². The predicted octanol–water partition coefficient (Wildman–Crippen LogP) is 1.06. The molecule has 1 aromatic heterocycles. The molecule has 2 N–H and O–H groups in total. The van der Waals surface area contributed by atoms with Crippen molar-refractivity contribution >= 4 is 11.9 Å². The SMILES string of the molecule is CC1CCCCCC1NC(=O)c1cn(CC(=O)O)nn1. The van der Waals surface area contributed by atoms with Crippen LogP contribution in [0.1, 0.15) is 49.5 Å². The van der Waals surface area contributed by atoms with Gasteiger partial charge in [0.25, 0.3) is 5.91 Å². The number of aliphatic carboxylic acids is 1. The highest BCUT2D eigenvalue weighted by Crippen LogP contribution is 2.23. The minimum Gasteiger partial charge on any atom is -0.480 e. The van der Waals surface area contributed by atoms with Gasteiger partial charge in [-0.05, 0) is 18.8 Å². The minimum atomic E-state index is -1.01. The van der Waals surface area contributed by atoms with Gasteiger partial charge in [0, 0.05) is 6.04 Å². The number of aromatic nitrogens is 3. The van der Waals surface area contributed by atoms with Crippen molar-refractivity contribution in [1.29, 1.82) is 0 Å². The summed E-state index contributed by atoms with van der Waals surface area (Å²) >= 11 is 0. The van der Waals surface area contributed by atoms with E-state index in [1.165, 1.54) is 19.0 Å². The quantitative estimate of drug-likeness (QED) is 0.804. The van der Waals surface area contributed by atoms with Crippen LogP contribution in [0.25, 0.3) is 0 Å². The fourth-order valence-electron chi connectivity index (χ4n) is 2.57. The van der Waals surface area contributed by atoms with Crippen LogP contribution in [0.4, 0.5) is 0 Å². The summed E-state index contributed by atoms with van der Waals surface area (Å²) in [6.45, 7) is 1.86. The van der Waals surface area contributed by atoms with Gasteiger partial charge in [0.05, 0.1) is 6.20 Å². The molecule has 1 saturated carbocycles. The second-order valence-corrected chi connectivity index (χ2v) is 5.39. The summed E-state index contributed by atoms with van der Waals surface area (Å²) < 4.78 is 1.15. The lowest BCUT2D eigenvalue weighted by atomic mass is 9.97. The highest BCUT2D eigenvalue weighted by Gasteiger charge is 2.23. The van der Waals surface area contributed by atoms with E-state index in [4.69, 9.17) is 5.11 Å². The highest BCUT2D eigenvalue weighted by molar-refractivity contribution is 5.92. The molecule has 0 saturated heterocycles. The average molecular weight is 280 g/mol. The standard InChI is InChI=1S/C13H20N4O3/c1-9-5-3-2-4-6-10(9)14-13(20)11-7-17(16-15-11)8-12(18)19/h7,9-10H,2-6,8H2,1H3,(H,14,20)(H,18,19). The summed E-state index contributed by atoms with van der Waals surface area (Å²) in [6, 6.07) is 0.162. The third kappa shape index (κ3) is 3.79. The van der Waals surface area contributed by atoms with Crippen LogP contribution in [0, 0.1) is 5.92 Å². The number of nitrogens with zero attached hydrogens (tertiary/aromatic N) is 3. The zero-order valence-corrected chi connectivity index (χ0v) is 11.6. The van der Waals surface area contributed by atoms with Crippen molar-refractivity contribution in [3.05, 3.63) is 11.9 Å². The second-order valence-electron chi connectivity index (χ2n) is 5.39. The third-order valence-corrected chi connectivity index (χ3v) is 3.75. The first-order valence-corrected chi connectivity index (χ1v) is 6.99. The van der Waals surface area contributed by atoms with Crippen molar-refractivity contribution in [1.82, 2.24) is 20.3 Å². The van der Waals surface area contributed by atoms with Gasteiger partial charge in [0.2, 0.25) is 0 Å². The molecule has 7 heteroatoms. The van der Waals surface area contributed by atoms with E-state index >= 15 is 0 Å². The summed E-state index contributed by atoms with van der Waals surface area (Å²) in [6.07, 6.45) is 7.02. The van der Waals surface area contributed by atoms with Crippen molar-refractivity contribution < 1.29 is 14.7 Å². The van der Waals surface area contributed by atoms with Gasteiger partial charge in [-0.1, -0.05) is 31.4 Å². The Kier molecular flexibility index (Phi) is 4.70. The van der Waals surface area contributed by atoms with E-state index in [0.29, 0.717) is 5.92 Å². The maximum absolute atomic E-state index is 12.1. The summed E-state index contributed by atoms with van der Waals surface area (Å²) in [7, 11) is 0. The van der Waals surface area contributed by atoms with Crippen LogP contribution in [-0.2, 0) is 11.3 Å². The average Bonchev–Trinajstić information content (AvgIpc) is 2.75. The molecular formula is C13H20N4O3. The molecule has 1 aromatic rings. The van der Waals surface area contributed by atoms with Crippen LogP contribution >= 0.6 is 0 Å². The predicted molar refractivity (Wildman–Crippen MR) is 71.2 cm³/mol. The molecule has 1 aliphatic carbocycles. The number of carbonyl (C=O) groups excluding carboxylic acids is 1. The molecule has 0 spiro atoms. The van der Waals surface area contributed by atoms with E-state index in [-0.39, 0.29) is 24.2 Å². The van der Waals surface area contributed by atoms with Crippen LogP contribution in [0.2, 0.25) is 0 Å². The maximum atomic E-state index is 12.1. The molecule has 1 amide bonds. The van der Waals surface area contributed by atoms with Crippen molar-refractivity contribution in [2.24, 2.45) is 5.92 Å². The topological polar surface area (TPSA) is 97.1 Å². The fraction of sp³-hybridized carbons (Fsp3) is 0.692. The van der Waals surface area contributed by atoms with E-state index < -0.39 is 5.97 Å². The Labute approximate surface area is 117 Å². The Morgan fingerprint density at radius 1 is 1.40 bits per heavy atom. The lowest BCUT2D eigenvalue weighted by Gasteiger charge is -2.22. The maximum Gasteiger partial charge on any atom is 0.325 e. The van der Waals surface area contributed by atoms with Gasteiger partial charge in [-0.2, -0.15) is 0 Å². The van der Waals surface area contributed by atoms with E-state index in [1.807, 2.05) is 0 Å². The number of hydrogen-bond acceptors (Lipinski definition) is 4. The van der Waals surface area contributed by atoms with Crippen molar-refractivity contribution in [3.8, 4) is 0 Å². The number of carboxylic acid groups (broad SMARTS) is 1. The number of hydrogen-bond donors (Lipinski definition) is 2. The van der Waals surface area contributed by atoms with Crippen molar-refractivity contribution in [3.63, 3.8) is 0 Å². The number of nitrogens with one attached hydrogen (secondary N) is 1. The molecule has 1 heterocycles. The molecule has 7 nitrogen and oxygen atoms in total. The molecule has 110 valence electrons. The number of rotatable bonds is 4. The van der Waals surface area contributed by atoms with Crippen molar-refractivity contribution in [2.75, 3.05) is 0 Å². The van der Waals surface area contributed by atoms with Gasteiger partial charge in [-0.25, -0.2) is 4.68 Å². The third-order valence-electron chi connectivity index (χ3n) is 3.75. The molecule has 0 aromatic carbocycles. The van der Waals surface area contributed by atoms with E-state index in [9.17, 15) is 9.59 Å². The van der Waals surface area contributed by atoms with Gasteiger partial charge >= 0.3 is 5.97 Å². The largest absolute Gasteiger partial charge is 0.480 e. The lowest BCUT2D eigenvalue weighted by molar-refractivity contribution is -0.137. The molecule has 20 heavy (non-hydrogen) atoms. The van der Waals surface area contributed by atoms with Crippen LogP contribution < -0.4 is 5.32 Å². The van der Waals surface area contributed by atoms with Gasteiger partial charge in [0.15, 0.2) is 5.69 Å². The van der Waals surface area contributed by atoms with Gasteiger partial charge in [-0.15, -0.1) is 5.10 Å². The molecule has 2 rings (SSSR count). The summed E-state index contributed by atoms with van der Waals surface area (Å²) in [5, 5.41) is 19.0. The molecule has 0 radical (unpaired) electrons. The zero-order chi connectivity index (χ0) is 14.5. The molecule has 1 fully saturated rings. The van der Waals surface area contributed by atoms with Crippen LogP contribution in [0.3, 0.4) is 0 Å². The highest BCUT2D eigenvalue weighted by atomic mass is 16.4. The Morgan fingerprint density at radius 2 is 2.15 bits per heavy atom. The summed E-state index contributed by atoms with van der Waals surface area (Å²) in [5.74, 6) is -0.838. The van der Waals surface area contributed by atoms with Gasteiger partial charge in [-0.3, -0.25) is 9.59 Å². The summed E-state index contributed by atoms with van der Waals surface area (Å²) in [4.78, 5) is 22.7. The minimum absolute atomic E-state index is 0.162. The molecule has 0 bridgehead atoms. The first kappa shape index (κ1) is 14.5. The van der Waals surface area contributed by atoms with Crippen LogP contribution in [0.5, 0.6) is 0 Å². The molecule has 2 atom stereocenters. The Morgan fingerprint density at radius 3 is 2.90 bits per heavy atom. The monoisotopic (exact) mass is 280 g/mol.